The number of rotatable bonds is 4. The minimum absolute atomic E-state index is 0.164. The molecule has 2 aromatic rings. The molecule has 0 amide bonds. The predicted molar refractivity (Wildman–Crippen MR) is 97.9 cm³/mol. The Kier molecular flexibility index (Phi) is 5.09. The zero-order valence-electron chi connectivity index (χ0n) is 14.9. The van der Waals surface area contributed by atoms with Crippen LogP contribution in [0.5, 0.6) is 0 Å². The number of benzene rings is 1. The number of carbonyl (C=O) groups excluding carboxylic acids is 1. The van der Waals surface area contributed by atoms with Crippen LogP contribution in [0.4, 0.5) is 0 Å². The van der Waals surface area contributed by atoms with Gasteiger partial charge in [0.2, 0.25) is 0 Å². The fourth-order valence-corrected chi connectivity index (χ4v) is 4.16. The molecule has 24 heavy (non-hydrogen) atoms. The Morgan fingerprint density at radius 2 is 1.83 bits per heavy atom. The second-order valence-electron chi connectivity index (χ2n) is 6.74. The van der Waals surface area contributed by atoms with Crippen molar-refractivity contribution < 1.29 is 4.79 Å². The van der Waals surface area contributed by atoms with Gasteiger partial charge in [-0.25, -0.2) is 0 Å². The molecule has 0 unspecified atom stereocenters. The summed E-state index contributed by atoms with van der Waals surface area (Å²) in [6.45, 7) is 9.09. The van der Waals surface area contributed by atoms with Crippen molar-refractivity contribution in [1.29, 1.82) is 0 Å². The molecular formula is C19H25N3OS. The molecule has 0 bridgehead atoms. The van der Waals surface area contributed by atoms with E-state index >= 15 is 0 Å². The van der Waals surface area contributed by atoms with Crippen molar-refractivity contribution in [2.45, 2.75) is 70.3 Å². The monoisotopic (exact) mass is 343 g/mol. The molecule has 2 heterocycles. The van der Waals surface area contributed by atoms with E-state index in [-0.39, 0.29) is 11.0 Å². The average Bonchev–Trinajstić information content (AvgIpc) is 2.78. The Morgan fingerprint density at radius 1 is 1.08 bits per heavy atom. The number of nitrogens with zero attached hydrogens (tertiary/aromatic N) is 3. The van der Waals surface area contributed by atoms with Crippen LogP contribution in [0.3, 0.4) is 0 Å². The summed E-state index contributed by atoms with van der Waals surface area (Å²) in [6.07, 6.45) is 4.58. The molecule has 128 valence electrons. The Balaban J connectivity index is 1.80. The topological polar surface area (TPSA) is 47.8 Å². The number of hydrogen-bond donors (Lipinski definition) is 0. The van der Waals surface area contributed by atoms with Gasteiger partial charge in [0.1, 0.15) is 5.82 Å². The number of Topliss-reactive ketones (excluding diaryl/α,β-unsaturated/α-hetero) is 1. The molecule has 0 fully saturated rings. The number of hydrogen-bond acceptors (Lipinski definition) is 4. The summed E-state index contributed by atoms with van der Waals surface area (Å²) in [5, 5.41) is 9.38. The van der Waals surface area contributed by atoms with Gasteiger partial charge in [-0.2, -0.15) is 0 Å². The molecular weight excluding hydrogens is 318 g/mol. The first-order chi connectivity index (χ1) is 11.5. The van der Waals surface area contributed by atoms with Crippen molar-refractivity contribution >= 4 is 17.5 Å². The molecule has 1 aliphatic rings. The van der Waals surface area contributed by atoms with Crippen molar-refractivity contribution in [2.24, 2.45) is 0 Å². The molecule has 0 N–H and O–H groups in total. The maximum Gasteiger partial charge on any atom is 0.191 e. The second kappa shape index (κ2) is 7.09. The van der Waals surface area contributed by atoms with Gasteiger partial charge >= 0.3 is 0 Å². The minimum atomic E-state index is -0.164. The Hall–Kier alpha value is -1.62. The van der Waals surface area contributed by atoms with Crippen LogP contribution in [0.2, 0.25) is 0 Å². The molecule has 3 rings (SSSR count). The smallest absolute Gasteiger partial charge is 0.191 e. The summed E-state index contributed by atoms with van der Waals surface area (Å²) in [7, 11) is 0. The average molecular weight is 343 g/mol. The van der Waals surface area contributed by atoms with E-state index in [4.69, 9.17) is 0 Å². The number of aromatic nitrogens is 3. The summed E-state index contributed by atoms with van der Waals surface area (Å²) in [5.41, 5.74) is 4.27. The van der Waals surface area contributed by atoms with Crippen LogP contribution in [0, 0.1) is 20.8 Å². The zero-order valence-corrected chi connectivity index (χ0v) is 15.7. The highest BCUT2D eigenvalue weighted by Crippen LogP contribution is 2.28. The van der Waals surface area contributed by atoms with E-state index in [1.54, 1.807) is 0 Å². The van der Waals surface area contributed by atoms with Crippen molar-refractivity contribution in [2.75, 3.05) is 0 Å². The van der Waals surface area contributed by atoms with Crippen molar-refractivity contribution in [3.63, 3.8) is 0 Å². The van der Waals surface area contributed by atoms with Crippen LogP contribution in [-0.4, -0.2) is 25.8 Å². The fourth-order valence-electron chi connectivity index (χ4n) is 3.20. The van der Waals surface area contributed by atoms with Gasteiger partial charge in [-0.15, -0.1) is 10.2 Å². The lowest BCUT2D eigenvalue weighted by Gasteiger charge is -2.14. The largest absolute Gasteiger partial charge is 0.306 e. The lowest BCUT2D eigenvalue weighted by atomic mass is 9.97. The van der Waals surface area contributed by atoms with E-state index in [0.29, 0.717) is 0 Å². The number of carbonyl (C=O) groups is 1. The number of aryl methyl sites for hydroxylation is 4. The molecule has 0 radical (unpaired) electrons. The van der Waals surface area contributed by atoms with Crippen LogP contribution in [0.1, 0.15) is 59.1 Å². The first kappa shape index (κ1) is 17.2. The van der Waals surface area contributed by atoms with Gasteiger partial charge in [0, 0.05) is 18.5 Å². The molecule has 1 aromatic heterocycles. The molecule has 0 aliphatic carbocycles. The van der Waals surface area contributed by atoms with E-state index in [2.05, 4.69) is 34.7 Å². The van der Waals surface area contributed by atoms with E-state index in [9.17, 15) is 4.79 Å². The molecule has 1 aromatic carbocycles. The molecule has 1 aliphatic heterocycles. The van der Waals surface area contributed by atoms with Gasteiger partial charge in [0.15, 0.2) is 10.9 Å². The third kappa shape index (κ3) is 3.41. The van der Waals surface area contributed by atoms with Crippen molar-refractivity contribution in [1.82, 2.24) is 14.8 Å². The number of fused-ring (bicyclic) bond motifs is 1. The molecule has 0 saturated carbocycles. The zero-order chi connectivity index (χ0) is 17.3. The summed E-state index contributed by atoms with van der Waals surface area (Å²) >= 11 is 1.54. The van der Waals surface area contributed by atoms with E-state index < -0.39 is 0 Å². The Morgan fingerprint density at radius 3 is 2.62 bits per heavy atom. The molecule has 4 nitrogen and oxygen atoms in total. The maximum absolute atomic E-state index is 12.9. The number of ketones is 1. The van der Waals surface area contributed by atoms with E-state index in [1.165, 1.54) is 30.2 Å². The summed E-state index contributed by atoms with van der Waals surface area (Å²) in [4.78, 5) is 12.9. The maximum atomic E-state index is 12.9. The van der Waals surface area contributed by atoms with Crippen LogP contribution < -0.4 is 0 Å². The van der Waals surface area contributed by atoms with Crippen LogP contribution in [-0.2, 0) is 13.0 Å². The first-order valence-electron chi connectivity index (χ1n) is 8.68. The summed E-state index contributed by atoms with van der Waals surface area (Å²) in [5.74, 6) is 1.24. The van der Waals surface area contributed by atoms with Gasteiger partial charge in [-0.1, -0.05) is 24.2 Å². The highest BCUT2D eigenvalue weighted by atomic mass is 32.2. The van der Waals surface area contributed by atoms with Gasteiger partial charge < -0.3 is 4.57 Å². The Labute approximate surface area is 148 Å². The third-order valence-corrected chi connectivity index (χ3v) is 5.91. The van der Waals surface area contributed by atoms with E-state index in [0.717, 1.165) is 47.1 Å². The van der Waals surface area contributed by atoms with Gasteiger partial charge in [-0.05, 0) is 63.3 Å². The quantitative estimate of drug-likeness (QED) is 0.614. The molecule has 1 atom stereocenters. The third-order valence-electron chi connectivity index (χ3n) is 4.83. The van der Waals surface area contributed by atoms with Crippen molar-refractivity contribution in [3.05, 3.63) is 40.2 Å². The summed E-state index contributed by atoms with van der Waals surface area (Å²) in [6, 6.07) is 4.12. The standard InChI is InChI=1S/C19H25N3OS/c1-12-10-14(3)16(11-13(12)2)18(23)15(4)24-19-21-20-17-8-6-5-7-9-22(17)19/h10-11,15H,5-9H2,1-4H3/t15-/m1/s1. The van der Waals surface area contributed by atoms with Gasteiger partial charge in [-0.3, -0.25) is 4.79 Å². The highest BCUT2D eigenvalue weighted by Gasteiger charge is 2.23. The van der Waals surface area contributed by atoms with Gasteiger partial charge in [0.25, 0.3) is 0 Å². The molecule has 0 spiro atoms. The fraction of sp³-hybridized carbons (Fsp3) is 0.526. The first-order valence-corrected chi connectivity index (χ1v) is 9.56. The van der Waals surface area contributed by atoms with Crippen LogP contribution >= 0.6 is 11.8 Å². The number of thioether (sulfide) groups is 1. The molecule has 0 saturated heterocycles. The summed E-state index contributed by atoms with van der Waals surface area (Å²) < 4.78 is 2.20. The van der Waals surface area contributed by atoms with Crippen LogP contribution in [0.25, 0.3) is 0 Å². The lowest BCUT2D eigenvalue weighted by Crippen LogP contribution is -2.16. The molecule has 5 heteroatoms. The van der Waals surface area contributed by atoms with Gasteiger partial charge in [0.05, 0.1) is 5.25 Å². The normalized spacial score (nSPS) is 15.7. The predicted octanol–water partition coefficient (Wildman–Crippen LogP) is 4.29. The Bertz CT molecular complexity index is 766. The minimum Gasteiger partial charge on any atom is -0.306 e. The van der Waals surface area contributed by atoms with Crippen molar-refractivity contribution in [3.8, 4) is 0 Å². The second-order valence-corrected chi connectivity index (χ2v) is 8.04. The van der Waals surface area contributed by atoms with E-state index in [1.807, 2.05) is 19.9 Å². The SMILES string of the molecule is Cc1cc(C)c(C(=O)[C@@H](C)Sc2nnc3n2CCCCC3)cc1C. The highest BCUT2D eigenvalue weighted by molar-refractivity contribution is 8.00. The lowest BCUT2D eigenvalue weighted by molar-refractivity contribution is 0.0993. The van der Waals surface area contributed by atoms with Crippen LogP contribution in [0.15, 0.2) is 17.3 Å².